The SMILES string of the molecule is CC(C)(C)OC(=O)N1CCc2cc(OCc3cnco3)ccc2C1. The molecule has 0 saturated carbocycles. The summed E-state index contributed by atoms with van der Waals surface area (Å²) in [5.74, 6) is 1.47. The maximum atomic E-state index is 12.2. The minimum atomic E-state index is -0.476. The van der Waals surface area contributed by atoms with Crippen molar-refractivity contribution < 1.29 is 18.7 Å². The number of carbonyl (C=O) groups excluding carboxylic acids is 1. The average Bonchev–Trinajstić information content (AvgIpc) is 3.04. The summed E-state index contributed by atoms with van der Waals surface area (Å²) in [7, 11) is 0. The Morgan fingerprint density at radius 1 is 1.33 bits per heavy atom. The summed E-state index contributed by atoms with van der Waals surface area (Å²) >= 11 is 0. The summed E-state index contributed by atoms with van der Waals surface area (Å²) in [6.07, 6.45) is 3.54. The molecule has 0 bridgehead atoms. The van der Waals surface area contributed by atoms with Crippen molar-refractivity contribution >= 4 is 6.09 Å². The lowest BCUT2D eigenvalue weighted by Crippen LogP contribution is -2.39. The highest BCUT2D eigenvalue weighted by Gasteiger charge is 2.25. The van der Waals surface area contributed by atoms with Crippen molar-refractivity contribution in [2.45, 2.75) is 45.9 Å². The van der Waals surface area contributed by atoms with Gasteiger partial charge in [-0.05, 0) is 50.5 Å². The van der Waals surface area contributed by atoms with Crippen LogP contribution in [-0.4, -0.2) is 28.1 Å². The van der Waals surface area contributed by atoms with Crippen LogP contribution in [-0.2, 0) is 24.3 Å². The van der Waals surface area contributed by atoms with Gasteiger partial charge in [-0.3, -0.25) is 0 Å². The number of ether oxygens (including phenoxy) is 2. The minimum Gasteiger partial charge on any atom is -0.486 e. The molecule has 0 saturated heterocycles. The van der Waals surface area contributed by atoms with Crippen LogP contribution in [0, 0.1) is 0 Å². The Labute approximate surface area is 141 Å². The van der Waals surface area contributed by atoms with E-state index in [1.807, 2.05) is 39.0 Å². The van der Waals surface area contributed by atoms with Crippen LogP contribution in [0.4, 0.5) is 4.79 Å². The van der Waals surface area contributed by atoms with Crippen molar-refractivity contribution in [3.63, 3.8) is 0 Å². The third-order valence-electron chi connectivity index (χ3n) is 3.71. The molecule has 0 unspecified atom stereocenters. The number of oxazole rings is 1. The van der Waals surface area contributed by atoms with E-state index in [2.05, 4.69) is 4.98 Å². The van der Waals surface area contributed by atoms with Gasteiger partial charge < -0.3 is 18.8 Å². The van der Waals surface area contributed by atoms with Crippen LogP contribution in [0.1, 0.15) is 37.7 Å². The van der Waals surface area contributed by atoms with Crippen LogP contribution in [0.25, 0.3) is 0 Å². The molecule has 1 aliphatic heterocycles. The third kappa shape index (κ3) is 4.07. The molecule has 1 aromatic heterocycles. The number of hydrogen-bond acceptors (Lipinski definition) is 5. The predicted molar refractivity (Wildman–Crippen MR) is 87.6 cm³/mol. The molecule has 24 heavy (non-hydrogen) atoms. The van der Waals surface area contributed by atoms with Gasteiger partial charge in [0, 0.05) is 13.1 Å². The van der Waals surface area contributed by atoms with Gasteiger partial charge in [0.1, 0.15) is 18.0 Å². The molecule has 1 amide bonds. The number of benzene rings is 1. The highest BCUT2D eigenvalue weighted by Crippen LogP contribution is 2.25. The molecule has 1 aromatic carbocycles. The quantitative estimate of drug-likeness (QED) is 0.861. The zero-order valence-electron chi connectivity index (χ0n) is 14.2. The van der Waals surface area contributed by atoms with Crippen molar-refractivity contribution in [1.29, 1.82) is 0 Å². The average molecular weight is 330 g/mol. The van der Waals surface area contributed by atoms with E-state index in [0.29, 0.717) is 25.5 Å². The summed E-state index contributed by atoms with van der Waals surface area (Å²) in [6.45, 7) is 7.19. The highest BCUT2D eigenvalue weighted by atomic mass is 16.6. The fraction of sp³-hybridized carbons (Fsp3) is 0.444. The van der Waals surface area contributed by atoms with Gasteiger partial charge in [0.2, 0.25) is 0 Å². The van der Waals surface area contributed by atoms with E-state index in [-0.39, 0.29) is 6.09 Å². The van der Waals surface area contributed by atoms with Gasteiger partial charge >= 0.3 is 6.09 Å². The summed E-state index contributed by atoms with van der Waals surface area (Å²) in [5.41, 5.74) is 1.85. The van der Waals surface area contributed by atoms with Gasteiger partial charge in [-0.15, -0.1) is 0 Å². The molecule has 6 nitrogen and oxygen atoms in total. The monoisotopic (exact) mass is 330 g/mol. The molecule has 0 N–H and O–H groups in total. The van der Waals surface area contributed by atoms with Gasteiger partial charge in [-0.2, -0.15) is 0 Å². The molecule has 1 aliphatic rings. The van der Waals surface area contributed by atoms with E-state index in [1.165, 1.54) is 12.0 Å². The predicted octanol–water partition coefficient (Wildman–Crippen LogP) is 3.55. The first kappa shape index (κ1) is 16.4. The number of aromatic nitrogens is 1. The molecule has 0 spiro atoms. The van der Waals surface area contributed by atoms with Gasteiger partial charge in [-0.25, -0.2) is 9.78 Å². The van der Waals surface area contributed by atoms with E-state index in [4.69, 9.17) is 13.9 Å². The van der Waals surface area contributed by atoms with Gasteiger partial charge in [0.15, 0.2) is 12.2 Å². The third-order valence-corrected chi connectivity index (χ3v) is 3.71. The van der Waals surface area contributed by atoms with Crippen LogP contribution < -0.4 is 4.74 Å². The molecule has 2 heterocycles. The topological polar surface area (TPSA) is 64.8 Å². The van der Waals surface area contributed by atoms with Crippen LogP contribution in [0.3, 0.4) is 0 Å². The van der Waals surface area contributed by atoms with Crippen molar-refractivity contribution in [2.24, 2.45) is 0 Å². The molecule has 0 aliphatic carbocycles. The number of amides is 1. The standard InChI is InChI=1S/C18H22N2O4/c1-18(2,3)24-17(21)20-7-6-13-8-15(5-4-14(13)10-20)22-11-16-9-19-12-23-16/h4-5,8-9,12H,6-7,10-11H2,1-3H3. The Morgan fingerprint density at radius 3 is 2.88 bits per heavy atom. The Bertz CT molecular complexity index is 704. The maximum absolute atomic E-state index is 12.2. The molecule has 0 radical (unpaired) electrons. The lowest BCUT2D eigenvalue weighted by molar-refractivity contribution is 0.0224. The summed E-state index contributed by atoms with van der Waals surface area (Å²) < 4.78 is 16.3. The summed E-state index contributed by atoms with van der Waals surface area (Å²) in [6, 6.07) is 5.94. The number of nitrogens with zero attached hydrogens (tertiary/aromatic N) is 2. The Morgan fingerprint density at radius 2 is 2.17 bits per heavy atom. The minimum absolute atomic E-state index is 0.265. The molecule has 2 aromatic rings. The van der Waals surface area contributed by atoms with Gasteiger partial charge in [0.05, 0.1) is 6.20 Å². The number of hydrogen-bond donors (Lipinski definition) is 0. The molecule has 3 rings (SSSR count). The second kappa shape index (κ2) is 6.55. The Balaban J connectivity index is 1.62. The first-order valence-corrected chi connectivity index (χ1v) is 8.00. The molecule has 128 valence electrons. The first-order valence-electron chi connectivity index (χ1n) is 8.00. The van der Waals surface area contributed by atoms with Crippen molar-refractivity contribution in [2.75, 3.05) is 6.54 Å². The fourth-order valence-corrected chi connectivity index (χ4v) is 2.57. The van der Waals surface area contributed by atoms with E-state index < -0.39 is 5.60 Å². The van der Waals surface area contributed by atoms with Gasteiger partial charge in [-0.1, -0.05) is 6.07 Å². The van der Waals surface area contributed by atoms with Gasteiger partial charge in [0.25, 0.3) is 0 Å². The fourth-order valence-electron chi connectivity index (χ4n) is 2.57. The van der Waals surface area contributed by atoms with E-state index in [1.54, 1.807) is 11.1 Å². The second-order valence-electron chi connectivity index (χ2n) is 6.84. The zero-order chi connectivity index (χ0) is 17.2. The Hall–Kier alpha value is -2.50. The van der Waals surface area contributed by atoms with E-state index in [0.717, 1.165) is 17.7 Å². The molecular weight excluding hydrogens is 308 g/mol. The summed E-state index contributed by atoms with van der Waals surface area (Å²) in [4.78, 5) is 17.8. The first-order chi connectivity index (χ1) is 11.4. The number of rotatable bonds is 3. The van der Waals surface area contributed by atoms with Crippen LogP contribution in [0.2, 0.25) is 0 Å². The summed E-state index contributed by atoms with van der Waals surface area (Å²) in [5, 5.41) is 0. The van der Waals surface area contributed by atoms with Crippen molar-refractivity contribution in [1.82, 2.24) is 9.88 Å². The lowest BCUT2D eigenvalue weighted by atomic mass is 10.00. The van der Waals surface area contributed by atoms with E-state index >= 15 is 0 Å². The molecule has 6 heteroatoms. The van der Waals surface area contributed by atoms with Crippen molar-refractivity contribution in [3.8, 4) is 5.75 Å². The Kier molecular flexibility index (Phi) is 4.46. The largest absolute Gasteiger partial charge is 0.486 e. The van der Waals surface area contributed by atoms with E-state index in [9.17, 15) is 4.79 Å². The number of fused-ring (bicyclic) bond motifs is 1. The van der Waals surface area contributed by atoms with Crippen LogP contribution in [0.5, 0.6) is 5.75 Å². The molecule has 0 atom stereocenters. The second-order valence-corrected chi connectivity index (χ2v) is 6.84. The zero-order valence-corrected chi connectivity index (χ0v) is 14.2. The highest BCUT2D eigenvalue weighted by molar-refractivity contribution is 5.68. The van der Waals surface area contributed by atoms with Crippen LogP contribution in [0.15, 0.2) is 35.2 Å². The maximum Gasteiger partial charge on any atom is 0.410 e. The van der Waals surface area contributed by atoms with Crippen LogP contribution >= 0.6 is 0 Å². The smallest absolute Gasteiger partial charge is 0.410 e. The molecular formula is C18H22N2O4. The lowest BCUT2D eigenvalue weighted by Gasteiger charge is -2.31. The van der Waals surface area contributed by atoms with Crippen molar-refractivity contribution in [3.05, 3.63) is 47.7 Å². The normalized spacial score (nSPS) is 14.2. The molecule has 0 fully saturated rings. The number of carbonyl (C=O) groups is 1.